The Balaban J connectivity index is 0.00000210. The van der Waals surface area contributed by atoms with E-state index >= 15 is 0 Å². The molecule has 2 fully saturated rings. The quantitative estimate of drug-likeness (QED) is 0.809. The van der Waals surface area contributed by atoms with Crippen molar-refractivity contribution >= 4 is 33.7 Å². The zero-order valence-corrected chi connectivity index (χ0v) is 16.9. The Morgan fingerprint density at radius 2 is 1.93 bits per heavy atom. The van der Waals surface area contributed by atoms with Crippen LogP contribution in [0, 0.1) is 5.92 Å². The Morgan fingerprint density at radius 1 is 1.22 bits per heavy atom. The van der Waals surface area contributed by atoms with Gasteiger partial charge in [0.1, 0.15) is 0 Å². The van der Waals surface area contributed by atoms with Gasteiger partial charge in [0.2, 0.25) is 15.0 Å². The van der Waals surface area contributed by atoms with Crippen molar-refractivity contribution in [1.29, 1.82) is 0 Å². The summed E-state index contributed by atoms with van der Waals surface area (Å²) in [6.07, 6.45) is 7.25. The lowest BCUT2D eigenvalue weighted by Gasteiger charge is -2.32. The van der Waals surface area contributed by atoms with Crippen molar-refractivity contribution in [1.82, 2.24) is 19.6 Å². The van der Waals surface area contributed by atoms with E-state index < -0.39 is 9.84 Å². The molecule has 1 N–H and O–H groups in total. The maximum Gasteiger partial charge on any atom is 0.274 e. The molecule has 148 valence electrons. The standard InChI is InChI=1S/C18H24N4O3S.ClH/c1-26(24,25)18-20-16(15-4-2-3-9-22(15)18)17(23)21-10-7-14(8-11-21)19-12-13-5-6-13;/h2-4,9,13-14,19H,5-8,10-12H2,1H3;1H. The maximum absolute atomic E-state index is 13.0. The molecule has 27 heavy (non-hydrogen) atoms. The van der Waals surface area contributed by atoms with Crippen LogP contribution in [0.25, 0.3) is 5.52 Å². The van der Waals surface area contributed by atoms with Gasteiger partial charge in [0.25, 0.3) is 5.91 Å². The molecule has 0 atom stereocenters. The van der Waals surface area contributed by atoms with Crippen LogP contribution in [0.1, 0.15) is 36.2 Å². The van der Waals surface area contributed by atoms with E-state index in [1.807, 2.05) is 0 Å². The number of likely N-dealkylation sites (tertiary alicyclic amines) is 1. The molecule has 1 saturated heterocycles. The lowest BCUT2D eigenvalue weighted by Crippen LogP contribution is -2.45. The molecule has 0 aromatic carbocycles. The number of fused-ring (bicyclic) bond motifs is 1. The average molecular weight is 413 g/mol. The minimum Gasteiger partial charge on any atom is -0.337 e. The number of hydrogen-bond acceptors (Lipinski definition) is 5. The van der Waals surface area contributed by atoms with E-state index in [4.69, 9.17) is 0 Å². The lowest BCUT2D eigenvalue weighted by molar-refractivity contribution is 0.0701. The molecule has 2 aromatic heterocycles. The largest absolute Gasteiger partial charge is 0.337 e. The average Bonchev–Trinajstić information content (AvgIpc) is 3.37. The Labute approximate surface area is 165 Å². The zero-order chi connectivity index (χ0) is 18.3. The van der Waals surface area contributed by atoms with E-state index in [2.05, 4.69) is 10.3 Å². The zero-order valence-electron chi connectivity index (χ0n) is 15.3. The van der Waals surface area contributed by atoms with Gasteiger partial charge in [0.05, 0.1) is 5.52 Å². The van der Waals surface area contributed by atoms with E-state index in [1.165, 1.54) is 17.2 Å². The topological polar surface area (TPSA) is 83.8 Å². The van der Waals surface area contributed by atoms with E-state index in [0.29, 0.717) is 24.6 Å². The highest BCUT2D eigenvalue weighted by Gasteiger charge is 2.29. The number of imidazole rings is 1. The number of carbonyl (C=O) groups excluding carboxylic acids is 1. The van der Waals surface area contributed by atoms with Gasteiger partial charge in [-0.3, -0.25) is 9.20 Å². The van der Waals surface area contributed by atoms with Crippen molar-refractivity contribution in [2.75, 3.05) is 25.9 Å². The monoisotopic (exact) mass is 412 g/mol. The molecule has 2 aromatic rings. The van der Waals surface area contributed by atoms with Crippen LogP contribution in [0.15, 0.2) is 29.6 Å². The first-order valence-electron chi connectivity index (χ1n) is 9.13. The highest BCUT2D eigenvalue weighted by atomic mass is 35.5. The SMILES string of the molecule is CS(=O)(=O)c1nc(C(=O)N2CCC(NCC3CC3)CC2)c2ccccn12.Cl. The lowest BCUT2D eigenvalue weighted by atomic mass is 10.0. The number of carbonyl (C=O) groups is 1. The van der Waals surface area contributed by atoms with Gasteiger partial charge in [0, 0.05) is 31.6 Å². The summed E-state index contributed by atoms with van der Waals surface area (Å²) >= 11 is 0. The second-order valence-electron chi connectivity index (χ2n) is 7.39. The minimum absolute atomic E-state index is 0. The van der Waals surface area contributed by atoms with Crippen LogP contribution in [-0.2, 0) is 9.84 Å². The van der Waals surface area contributed by atoms with E-state index in [9.17, 15) is 13.2 Å². The van der Waals surface area contributed by atoms with Gasteiger partial charge in [-0.1, -0.05) is 6.07 Å². The molecule has 9 heteroatoms. The van der Waals surface area contributed by atoms with Crippen LogP contribution >= 0.6 is 12.4 Å². The second kappa shape index (κ2) is 7.77. The summed E-state index contributed by atoms with van der Waals surface area (Å²) in [4.78, 5) is 19.0. The Morgan fingerprint density at radius 3 is 2.56 bits per heavy atom. The molecule has 7 nitrogen and oxygen atoms in total. The Kier molecular flexibility index (Phi) is 5.79. The van der Waals surface area contributed by atoms with Gasteiger partial charge in [-0.2, -0.15) is 0 Å². The van der Waals surface area contributed by atoms with Gasteiger partial charge in [-0.05, 0) is 50.3 Å². The molecular formula is C18H25ClN4O3S. The number of nitrogens with zero attached hydrogens (tertiary/aromatic N) is 3. The first-order chi connectivity index (χ1) is 12.4. The maximum atomic E-state index is 13.0. The predicted octanol–water partition coefficient (Wildman–Crippen LogP) is 1.76. The smallest absolute Gasteiger partial charge is 0.274 e. The van der Waals surface area contributed by atoms with Crippen molar-refractivity contribution in [3.63, 3.8) is 0 Å². The fourth-order valence-electron chi connectivity index (χ4n) is 3.52. The van der Waals surface area contributed by atoms with E-state index in [0.717, 1.165) is 31.6 Å². The second-order valence-corrected chi connectivity index (χ2v) is 9.30. The number of pyridine rings is 1. The van der Waals surface area contributed by atoms with Gasteiger partial charge >= 0.3 is 0 Å². The highest BCUT2D eigenvalue weighted by Crippen LogP contribution is 2.28. The molecule has 0 unspecified atom stereocenters. The molecule has 1 aliphatic heterocycles. The Bertz CT molecular complexity index is 931. The number of aromatic nitrogens is 2. The summed E-state index contributed by atoms with van der Waals surface area (Å²) in [7, 11) is -3.52. The van der Waals surface area contributed by atoms with Crippen molar-refractivity contribution in [3.8, 4) is 0 Å². The third-order valence-corrected chi connectivity index (χ3v) is 6.18. The van der Waals surface area contributed by atoms with Crippen LogP contribution < -0.4 is 5.32 Å². The molecule has 2 aliphatic rings. The fraction of sp³-hybridized carbons (Fsp3) is 0.556. The van der Waals surface area contributed by atoms with Gasteiger partial charge in [0.15, 0.2) is 5.69 Å². The van der Waals surface area contributed by atoms with Crippen LogP contribution in [0.2, 0.25) is 0 Å². The van der Waals surface area contributed by atoms with Crippen molar-refractivity contribution < 1.29 is 13.2 Å². The summed E-state index contributed by atoms with van der Waals surface area (Å²) in [5.41, 5.74) is 0.752. The number of rotatable bonds is 5. The molecule has 1 saturated carbocycles. The van der Waals surface area contributed by atoms with E-state index in [-0.39, 0.29) is 29.2 Å². The number of sulfone groups is 1. The molecule has 1 amide bonds. The molecule has 4 rings (SSSR count). The van der Waals surface area contributed by atoms with Crippen molar-refractivity contribution in [2.45, 2.75) is 36.9 Å². The number of piperidine rings is 1. The van der Waals surface area contributed by atoms with E-state index in [1.54, 1.807) is 29.3 Å². The third kappa shape index (κ3) is 4.28. The van der Waals surface area contributed by atoms with Crippen molar-refractivity contribution in [3.05, 3.63) is 30.1 Å². The molecular weight excluding hydrogens is 388 g/mol. The summed E-state index contributed by atoms with van der Waals surface area (Å²) in [5, 5.41) is 3.51. The van der Waals surface area contributed by atoms with Gasteiger partial charge < -0.3 is 10.2 Å². The van der Waals surface area contributed by atoms with Gasteiger partial charge in [-0.15, -0.1) is 12.4 Å². The van der Waals surface area contributed by atoms with Gasteiger partial charge in [-0.25, -0.2) is 13.4 Å². The number of nitrogens with one attached hydrogen (secondary N) is 1. The van der Waals surface area contributed by atoms with Crippen LogP contribution in [0.5, 0.6) is 0 Å². The molecule has 0 spiro atoms. The summed E-state index contributed by atoms with van der Waals surface area (Å²) in [5.74, 6) is 0.658. The first kappa shape index (κ1) is 20.1. The highest BCUT2D eigenvalue weighted by molar-refractivity contribution is 7.90. The van der Waals surface area contributed by atoms with Crippen molar-refractivity contribution in [2.24, 2.45) is 5.92 Å². The van der Waals surface area contributed by atoms with Crippen LogP contribution in [-0.4, -0.2) is 60.5 Å². The normalized spacial score (nSPS) is 18.5. The fourth-order valence-corrected chi connectivity index (χ4v) is 4.29. The van der Waals surface area contributed by atoms with Crippen LogP contribution in [0.4, 0.5) is 0 Å². The summed E-state index contributed by atoms with van der Waals surface area (Å²) in [6.45, 7) is 2.42. The molecule has 0 bridgehead atoms. The summed E-state index contributed by atoms with van der Waals surface area (Å²) < 4.78 is 25.5. The minimum atomic E-state index is -3.52. The summed E-state index contributed by atoms with van der Waals surface area (Å²) in [6, 6.07) is 5.71. The Hall–Kier alpha value is -1.64. The number of hydrogen-bond donors (Lipinski definition) is 1. The number of halogens is 1. The first-order valence-corrected chi connectivity index (χ1v) is 11.0. The predicted molar refractivity (Wildman–Crippen MR) is 105 cm³/mol. The molecule has 0 radical (unpaired) electrons. The van der Waals surface area contributed by atoms with Crippen LogP contribution in [0.3, 0.4) is 0 Å². The molecule has 1 aliphatic carbocycles. The molecule has 3 heterocycles. The number of amides is 1. The third-order valence-electron chi connectivity index (χ3n) is 5.22.